The van der Waals surface area contributed by atoms with Crippen LogP contribution in [0.25, 0.3) is 0 Å². The topological polar surface area (TPSA) is 102 Å². The zero-order valence-electron chi connectivity index (χ0n) is 13.2. The minimum absolute atomic E-state index is 0.0769. The molecule has 0 saturated carbocycles. The Bertz CT molecular complexity index is 606. The Labute approximate surface area is 135 Å². The quantitative estimate of drug-likeness (QED) is 0.307. The summed E-state index contributed by atoms with van der Waals surface area (Å²) in [5, 5.41) is 0. The monoisotopic (exact) mass is 344 g/mol. The summed E-state index contributed by atoms with van der Waals surface area (Å²) >= 11 is 0. The first-order valence-corrected chi connectivity index (χ1v) is 8.59. The van der Waals surface area contributed by atoms with Gasteiger partial charge in [0.2, 0.25) is 0 Å². The molecule has 0 radical (unpaired) electrons. The van der Waals surface area contributed by atoms with Crippen molar-refractivity contribution in [3.63, 3.8) is 0 Å². The molecule has 0 bridgehead atoms. The lowest BCUT2D eigenvalue weighted by Crippen LogP contribution is -2.07. The van der Waals surface area contributed by atoms with Crippen LogP contribution in [0.2, 0.25) is 0 Å². The van der Waals surface area contributed by atoms with Crippen molar-refractivity contribution in [2.24, 2.45) is 0 Å². The number of hydrogen-bond donors (Lipinski definition) is 2. The summed E-state index contributed by atoms with van der Waals surface area (Å²) < 4.78 is 26.0. The molecule has 1 rings (SSSR count). The van der Waals surface area contributed by atoms with Crippen molar-refractivity contribution in [3.8, 4) is 11.5 Å². The zero-order valence-corrected chi connectivity index (χ0v) is 14.0. The largest absolute Gasteiger partial charge is 0.524 e. The van der Waals surface area contributed by atoms with Crippen molar-refractivity contribution in [2.75, 3.05) is 13.2 Å². The van der Waals surface area contributed by atoms with E-state index in [0.29, 0.717) is 36.3 Å². The van der Waals surface area contributed by atoms with Crippen molar-refractivity contribution in [1.29, 1.82) is 0 Å². The summed E-state index contributed by atoms with van der Waals surface area (Å²) in [6.07, 6.45) is 0.867. The average Bonchev–Trinajstić information content (AvgIpc) is 2.44. The van der Waals surface area contributed by atoms with Gasteiger partial charge >= 0.3 is 13.8 Å². The van der Waals surface area contributed by atoms with E-state index in [1.807, 2.05) is 6.92 Å². The van der Waals surface area contributed by atoms with E-state index in [0.717, 1.165) is 0 Å². The first-order valence-electron chi connectivity index (χ1n) is 7.06. The van der Waals surface area contributed by atoms with Crippen molar-refractivity contribution in [3.05, 3.63) is 35.9 Å². The number of carbonyl (C=O) groups excluding carboxylic acids is 1. The van der Waals surface area contributed by atoms with Crippen LogP contribution >= 0.6 is 7.82 Å². The lowest BCUT2D eigenvalue weighted by Gasteiger charge is -2.14. The standard InChI is InChI=1S/C15H21O7P/c1-4-20-13-7-8-14(22-23(17,18)19)12(10-13)6-5-9-21-15(16)11(2)3/h7-8,10H,2,4-6,9H2,1,3H3,(H2,17,18,19). The first kappa shape index (κ1) is 19.2. The summed E-state index contributed by atoms with van der Waals surface area (Å²) in [7, 11) is -4.65. The molecule has 0 heterocycles. The van der Waals surface area contributed by atoms with Crippen LogP contribution in [0.15, 0.2) is 30.4 Å². The van der Waals surface area contributed by atoms with Crippen LogP contribution in [0.5, 0.6) is 11.5 Å². The Balaban J connectivity index is 2.75. The number of esters is 1. The number of hydrogen-bond acceptors (Lipinski definition) is 5. The normalized spacial score (nSPS) is 11.0. The SMILES string of the molecule is C=C(C)C(=O)OCCCc1cc(OCC)ccc1OP(=O)(O)O. The van der Waals surface area contributed by atoms with Crippen molar-refractivity contribution < 1.29 is 33.1 Å². The van der Waals surface area contributed by atoms with E-state index in [1.54, 1.807) is 19.1 Å². The highest BCUT2D eigenvalue weighted by atomic mass is 31.2. The molecule has 0 amide bonds. The van der Waals surface area contributed by atoms with Crippen LogP contribution in [0.1, 0.15) is 25.8 Å². The molecule has 0 unspecified atom stereocenters. The molecule has 0 aromatic heterocycles. The van der Waals surface area contributed by atoms with E-state index in [-0.39, 0.29) is 12.4 Å². The number of ether oxygens (including phenoxy) is 2. The number of carbonyl (C=O) groups is 1. The first-order chi connectivity index (χ1) is 10.7. The van der Waals surface area contributed by atoms with Crippen LogP contribution < -0.4 is 9.26 Å². The number of rotatable bonds is 9. The Morgan fingerprint density at radius 2 is 2.04 bits per heavy atom. The number of phosphoric acid groups is 1. The molecule has 0 fully saturated rings. The predicted molar refractivity (Wildman–Crippen MR) is 84.4 cm³/mol. The number of phosphoric ester groups is 1. The van der Waals surface area contributed by atoms with E-state index in [4.69, 9.17) is 19.3 Å². The van der Waals surface area contributed by atoms with Crippen molar-refractivity contribution in [2.45, 2.75) is 26.7 Å². The highest BCUT2D eigenvalue weighted by Gasteiger charge is 2.19. The van der Waals surface area contributed by atoms with Crippen LogP contribution in [0, 0.1) is 0 Å². The van der Waals surface area contributed by atoms with Gasteiger partial charge in [-0.15, -0.1) is 0 Å². The maximum Gasteiger partial charge on any atom is 0.524 e. The van der Waals surface area contributed by atoms with Gasteiger partial charge in [0.15, 0.2) is 0 Å². The molecule has 2 N–H and O–H groups in total. The Kier molecular flexibility index (Phi) is 7.29. The van der Waals surface area contributed by atoms with Crippen LogP contribution in [-0.2, 0) is 20.5 Å². The molecule has 0 aliphatic heterocycles. The highest BCUT2D eigenvalue weighted by molar-refractivity contribution is 7.46. The minimum Gasteiger partial charge on any atom is -0.494 e. The molecule has 0 aliphatic rings. The molecule has 0 atom stereocenters. The lowest BCUT2D eigenvalue weighted by atomic mass is 10.1. The maximum absolute atomic E-state index is 11.3. The van der Waals surface area contributed by atoms with E-state index < -0.39 is 13.8 Å². The molecule has 7 nitrogen and oxygen atoms in total. The molecule has 8 heteroatoms. The third kappa shape index (κ3) is 7.32. The summed E-state index contributed by atoms with van der Waals surface area (Å²) in [6, 6.07) is 4.66. The molecular formula is C15H21O7P. The van der Waals surface area contributed by atoms with Gasteiger partial charge in [-0.25, -0.2) is 9.36 Å². The second-order valence-electron chi connectivity index (χ2n) is 4.80. The van der Waals surface area contributed by atoms with E-state index in [1.165, 1.54) is 6.07 Å². The van der Waals surface area contributed by atoms with Gasteiger partial charge < -0.3 is 14.0 Å². The second-order valence-corrected chi connectivity index (χ2v) is 5.97. The predicted octanol–water partition coefficient (Wildman–Crippen LogP) is 2.61. The summed E-state index contributed by atoms with van der Waals surface area (Å²) in [4.78, 5) is 29.2. The summed E-state index contributed by atoms with van der Waals surface area (Å²) in [6.45, 7) is 7.50. The van der Waals surface area contributed by atoms with E-state index in [2.05, 4.69) is 11.1 Å². The molecule has 0 saturated heterocycles. The summed E-state index contributed by atoms with van der Waals surface area (Å²) in [5.41, 5.74) is 0.875. The van der Waals surface area contributed by atoms with E-state index >= 15 is 0 Å². The van der Waals surface area contributed by atoms with Gasteiger partial charge in [-0.05, 0) is 50.5 Å². The zero-order chi connectivity index (χ0) is 17.5. The van der Waals surface area contributed by atoms with Crippen molar-refractivity contribution in [1.82, 2.24) is 0 Å². The maximum atomic E-state index is 11.3. The second kappa shape index (κ2) is 8.72. The Morgan fingerprint density at radius 1 is 1.35 bits per heavy atom. The third-order valence-corrected chi connectivity index (χ3v) is 3.17. The number of aryl methyl sites for hydroxylation is 1. The molecule has 0 aliphatic carbocycles. The van der Waals surface area contributed by atoms with Crippen molar-refractivity contribution >= 4 is 13.8 Å². The minimum atomic E-state index is -4.65. The third-order valence-electron chi connectivity index (χ3n) is 2.73. The molecule has 23 heavy (non-hydrogen) atoms. The van der Waals surface area contributed by atoms with Gasteiger partial charge in [0.1, 0.15) is 11.5 Å². The average molecular weight is 344 g/mol. The van der Waals surface area contributed by atoms with Crippen LogP contribution in [0.3, 0.4) is 0 Å². The van der Waals surface area contributed by atoms with E-state index in [9.17, 15) is 9.36 Å². The molecule has 128 valence electrons. The molecule has 0 spiro atoms. The molecule has 1 aromatic carbocycles. The Morgan fingerprint density at radius 3 is 2.61 bits per heavy atom. The molecular weight excluding hydrogens is 323 g/mol. The van der Waals surface area contributed by atoms with Gasteiger partial charge in [0.25, 0.3) is 0 Å². The molecule has 1 aromatic rings. The van der Waals surface area contributed by atoms with Gasteiger partial charge in [-0.2, -0.15) is 0 Å². The highest BCUT2D eigenvalue weighted by Crippen LogP contribution is 2.40. The summed E-state index contributed by atoms with van der Waals surface area (Å²) in [5.74, 6) is 0.173. The smallest absolute Gasteiger partial charge is 0.494 e. The number of benzene rings is 1. The lowest BCUT2D eigenvalue weighted by molar-refractivity contribution is -0.139. The van der Waals surface area contributed by atoms with Gasteiger partial charge in [0.05, 0.1) is 13.2 Å². The fourth-order valence-electron chi connectivity index (χ4n) is 1.78. The van der Waals surface area contributed by atoms with Gasteiger partial charge in [-0.1, -0.05) is 6.58 Å². The van der Waals surface area contributed by atoms with Gasteiger partial charge in [0, 0.05) is 5.57 Å². The van der Waals surface area contributed by atoms with Crippen LogP contribution in [0.4, 0.5) is 0 Å². The fraction of sp³-hybridized carbons (Fsp3) is 0.400. The Hall–Kier alpha value is -1.82. The van der Waals surface area contributed by atoms with Crippen LogP contribution in [-0.4, -0.2) is 29.0 Å². The fourth-order valence-corrected chi connectivity index (χ4v) is 2.21. The van der Waals surface area contributed by atoms with Gasteiger partial charge in [-0.3, -0.25) is 9.79 Å².